The number of benzene rings is 1. The van der Waals surface area contributed by atoms with E-state index >= 15 is 0 Å². The van der Waals surface area contributed by atoms with Crippen molar-refractivity contribution in [2.45, 2.75) is 302 Å². The highest BCUT2D eigenvalue weighted by atomic mass is 16.7. The number of carbonyl (C=O) groups excluding carboxylic acids is 20. The van der Waals surface area contributed by atoms with Crippen LogP contribution in [0.5, 0.6) is 0 Å². The predicted octanol–water partition coefficient (Wildman–Crippen LogP) is 1.65. The monoisotopic (exact) mass is 2020 g/mol. The Morgan fingerprint density at radius 2 is 0.648 bits per heavy atom. The maximum atomic E-state index is 13.3. The average molecular weight is 2020 g/mol. The van der Waals surface area contributed by atoms with Crippen molar-refractivity contribution in [1.82, 2.24) is 53.2 Å². The minimum absolute atomic E-state index is 0.0151. The number of hydrogen-bond donors (Lipinski definition) is 10. The minimum Gasteiger partial charge on any atom is -0.463 e. The van der Waals surface area contributed by atoms with Crippen LogP contribution in [-0.4, -0.2) is 324 Å². The first kappa shape index (κ1) is 123. The van der Waals surface area contributed by atoms with Crippen molar-refractivity contribution in [1.29, 1.82) is 0 Å². The van der Waals surface area contributed by atoms with E-state index in [0.29, 0.717) is 102 Å². The lowest BCUT2D eigenvalue weighted by Crippen LogP contribution is -2.63. The zero-order valence-corrected chi connectivity index (χ0v) is 83.2. The van der Waals surface area contributed by atoms with Gasteiger partial charge < -0.3 is 148 Å². The Labute approximate surface area is 828 Å². The molecule has 10 N–H and O–H groups in total. The standard InChI is InChI=1S/C96H150N10O36/c1-63(111)104-87-74(53-108)90(137-69(7)117)77(57-133-66(4)114)140-93(87)130-45-23-20-32-80(120)97-39-26-42-100-83(123)36-48-127-60-96(103-51-73(52-107)31-16-13-11-10-12-14-19-35-86(126)136-56-72-29-17-15-18-30-72,61-128-49-37-84(124)101-43-27-40-98-81(121)33-21-24-46-131-94-88(105-64(2)112)75(54-109)91(138-70(8)118)78(141-94)58-134-67(5)115)62-129-50-38-85(125)102-44-28-41-99-82(122)34-22-25-47-132-95-89(106-65(3)113)76(55-110)92(139-71(9)119)79(142-95)59-135-68(6)116/h15,17-18,29-30,52-55,73-79,87-95,103H,10-14,16,19-28,31-51,56-62H2,1-9H3,(H,97,120)(H,98,121)(H,99,122)(H,100,123)(H,101,124)(H,102,125)(H,104,111)(H,105,112)(H,106,113)/t73?,74?,75?,76?,77?,78?,79?,87?,88?,89?,90-,91-,92-,93+,94+,95+,96?/m0/s1. The van der Waals surface area contributed by atoms with Crippen molar-refractivity contribution in [3.63, 3.8) is 0 Å². The molecule has 0 spiro atoms. The number of nitrogens with one attached hydrogen (secondary N) is 10. The summed E-state index contributed by atoms with van der Waals surface area (Å²) >= 11 is 0. The van der Waals surface area contributed by atoms with Gasteiger partial charge in [-0.1, -0.05) is 68.9 Å². The van der Waals surface area contributed by atoms with Gasteiger partial charge in [-0.2, -0.15) is 0 Å². The van der Waals surface area contributed by atoms with Gasteiger partial charge in [0.05, 0.1) is 81.1 Å². The highest BCUT2D eigenvalue weighted by molar-refractivity contribution is 5.80. The molecule has 142 heavy (non-hydrogen) atoms. The second-order valence-corrected chi connectivity index (χ2v) is 34.8. The smallest absolute Gasteiger partial charge is 0.306 e. The van der Waals surface area contributed by atoms with E-state index in [9.17, 15) is 95.9 Å². The van der Waals surface area contributed by atoms with Crippen molar-refractivity contribution in [3.05, 3.63) is 35.9 Å². The molecule has 9 amide bonds. The molecule has 3 heterocycles. The summed E-state index contributed by atoms with van der Waals surface area (Å²) in [5.74, 6) is -11.9. The van der Waals surface area contributed by atoms with Gasteiger partial charge in [0.2, 0.25) is 53.2 Å². The summed E-state index contributed by atoms with van der Waals surface area (Å²) in [5.41, 5.74) is -0.367. The van der Waals surface area contributed by atoms with Crippen LogP contribution >= 0.6 is 0 Å². The zero-order valence-electron chi connectivity index (χ0n) is 83.2. The number of amides is 9. The van der Waals surface area contributed by atoms with Crippen molar-refractivity contribution < 1.29 is 172 Å². The van der Waals surface area contributed by atoms with Gasteiger partial charge in [-0.15, -0.1) is 0 Å². The fraction of sp³-hybridized carbons (Fsp3) is 0.729. The third-order valence-corrected chi connectivity index (χ3v) is 22.5. The fourth-order valence-corrected chi connectivity index (χ4v) is 15.5. The first-order valence-corrected chi connectivity index (χ1v) is 48.7. The van der Waals surface area contributed by atoms with Gasteiger partial charge in [-0.3, -0.25) is 76.7 Å². The van der Waals surface area contributed by atoms with Gasteiger partial charge in [0.1, 0.15) is 88.2 Å². The van der Waals surface area contributed by atoms with E-state index in [-0.39, 0.29) is 212 Å². The van der Waals surface area contributed by atoms with E-state index in [1.807, 2.05) is 30.3 Å². The Hall–Kier alpha value is -11.0. The van der Waals surface area contributed by atoms with Crippen LogP contribution in [-0.2, 0) is 178 Å². The molecule has 10 unspecified atom stereocenters. The molecular formula is C96H150N10O36. The predicted molar refractivity (Wildman–Crippen MR) is 500 cm³/mol. The third kappa shape index (κ3) is 53.4. The van der Waals surface area contributed by atoms with Crippen LogP contribution < -0.4 is 53.2 Å². The largest absolute Gasteiger partial charge is 0.463 e. The highest BCUT2D eigenvalue weighted by Crippen LogP contribution is 2.33. The Morgan fingerprint density at radius 1 is 0.345 bits per heavy atom. The molecule has 46 heteroatoms. The molecule has 0 saturated carbocycles. The summed E-state index contributed by atoms with van der Waals surface area (Å²) in [4.78, 5) is 249. The molecule has 1 aromatic carbocycles. The number of hydrogen-bond acceptors (Lipinski definition) is 37. The van der Waals surface area contributed by atoms with Crippen molar-refractivity contribution >= 4 is 120 Å². The summed E-state index contributed by atoms with van der Waals surface area (Å²) < 4.78 is 91.4. The number of rotatable bonds is 76. The van der Waals surface area contributed by atoms with E-state index in [1.165, 1.54) is 41.5 Å². The van der Waals surface area contributed by atoms with Crippen LogP contribution in [0.3, 0.4) is 0 Å². The van der Waals surface area contributed by atoms with Crippen molar-refractivity contribution in [2.24, 2.45) is 23.7 Å². The summed E-state index contributed by atoms with van der Waals surface area (Å²) in [6, 6.07) is 6.18. The second kappa shape index (κ2) is 72.3. The molecule has 0 radical (unpaired) electrons. The lowest BCUT2D eigenvalue weighted by Gasteiger charge is -2.43. The van der Waals surface area contributed by atoms with Gasteiger partial charge >= 0.3 is 41.8 Å². The average Bonchev–Trinajstić information content (AvgIpc) is 0.796. The van der Waals surface area contributed by atoms with E-state index in [0.717, 1.165) is 64.7 Å². The Balaban J connectivity index is 1.37. The fourth-order valence-electron chi connectivity index (χ4n) is 15.5. The lowest BCUT2D eigenvalue weighted by molar-refractivity contribution is -0.260. The van der Waals surface area contributed by atoms with Crippen LogP contribution in [0, 0.1) is 23.7 Å². The number of aldehydes is 4. The summed E-state index contributed by atoms with van der Waals surface area (Å²) in [6.45, 7) is 10.0. The molecule has 800 valence electrons. The maximum absolute atomic E-state index is 13.3. The zero-order chi connectivity index (χ0) is 104. The number of ether oxygens (including phenoxy) is 16. The Bertz CT molecular complexity index is 3730. The van der Waals surface area contributed by atoms with Gasteiger partial charge in [0.25, 0.3) is 0 Å². The molecule has 4 rings (SSSR count). The Kier molecular flexibility index (Phi) is 62.8. The van der Waals surface area contributed by atoms with Crippen molar-refractivity contribution in [3.8, 4) is 0 Å². The molecule has 1 aromatic rings. The van der Waals surface area contributed by atoms with Crippen LogP contribution in [0.25, 0.3) is 0 Å². The molecular weight excluding hydrogens is 1870 g/mol. The number of carbonyl (C=O) groups is 20. The van der Waals surface area contributed by atoms with Gasteiger partial charge in [0.15, 0.2) is 18.9 Å². The van der Waals surface area contributed by atoms with Crippen LogP contribution in [0.2, 0.25) is 0 Å². The summed E-state index contributed by atoms with van der Waals surface area (Å²) in [5, 5.41) is 28.2. The first-order valence-electron chi connectivity index (χ1n) is 48.7. The van der Waals surface area contributed by atoms with Crippen LogP contribution in [0.15, 0.2) is 30.3 Å². The molecule has 46 nitrogen and oxygen atoms in total. The normalized spacial score (nSPS) is 21.3. The van der Waals surface area contributed by atoms with Crippen LogP contribution in [0.4, 0.5) is 0 Å². The highest BCUT2D eigenvalue weighted by Gasteiger charge is 2.53. The second-order valence-electron chi connectivity index (χ2n) is 34.8. The Morgan fingerprint density at radius 3 is 0.944 bits per heavy atom. The molecule has 16 atom stereocenters. The van der Waals surface area contributed by atoms with E-state index in [1.54, 1.807) is 0 Å². The van der Waals surface area contributed by atoms with E-state index in [2.05, 4.69) is 53.2 Å². The van der Waals surface area contributed by atoms with E-state index < -0.39 is 156 Å². The van der Waals surface area contributed by atoms with Gasteiger partial charge in [-0.05, 0) is 76.2 Å². The number of unbranched alkanes of at least 4 members (excludes halogenated alkanes) is 9. The molecule has 3 fully saturated rings. The van der Waals surface area contributed by atoms with Gasteiger partial charge in [-0.25, -0.2) is 0 Å². The van der Waals surface area contributed by atoms with Gasteiger partial charge in [0, 0.05) is 179 Å². The van der Waals surface area contributed by atoms with Crippen LogP contribution in [0.1, 0.15) is 222 Å². The molecule has 3 aliphatic heterocycles. The SMILES string of the molecule is CC(=O)NC1C(C=O)[C@H](OC(C)=O)C(COC(C)=O)O[C@H]1OCCCCC(=O)NCCCNC(=O)CCOCC(COCCC(=O)NCCCNC(=O)CCCCO[C@@H]1OC(COC(C)=O)[C@@H](OC(C)=O)C(C=O)C1NC(C)=O)(COCCC(=O)NCCCNC(=O)CCCCO[C@@H]1OC(COC(C)=O)[C@@H](OC(C)=O)C(C=O)C1NC(C)=O)NCC(C=O)CCCCCCCCCC(=O)OCc1ccccc1. The molecule has 0 bridgehead atoms. The van der Waals surface area contributed by atoms with E-state index in [4.69, 9.17) is 75.8 Å². The third-order valence-electron chi connectivity index (χ3n) is 22.5. The quantitative estimate of drug-likeness (QED) is 0.0192. The maximum Gasteiger partial charge on any atom is 0.306 e. The molecule has 0 aliphatic carbocycles. The first-order chi connectivity index (χ1) is 68.1. The minimum atomic E-state index is -1.28. The molecule has 3 saturated heterocycles. The summed E-state index contributed by atoms with van der Waals surface area (Å²) in [7, 11) is 0. The molecule has 3 aliphatic rings. The summed E-state index contributed by atoms with van der Waals surface area (Å²) in [6.07, 6.45) is 1.32. The lowest BCUT2D eigenvalue weighted by atomic mass is 9.88. The van der Waals surface area contributed by atoms with Crippen molar-refractivity contribution in [2.75, 3.05) is 125 Å². The molecule has 0 aromatic heterocycles. The number of esters is 7. The topological polar surface area (TPSA) is 609 Å².